The Bertz CT molecular complexity index is 1240. The van der Waals surface area contributed by atoms with Gasteiger partial charge in [-0.3, -0.25) is 9.59 Å². The SMILES string of the molecule is C=CCOc1cccc(C2c3c(oc4cc(C)cc(C)c4c3=O)C(=O)N2CCCCC)c1. The Balaban J connectivity index is 1.91. The van der Waals surface area contributed by atoms with Crippen LogP contribution in [-0.4, -0.2) is 24.0 Å². The van der Waals surface area contributed by atoms with Gasteiger partial charge in [-0.2, -0.15) is 0 Å². The summed E-state index contributed by atoms with van der Waals surface area (Å²) in [5.41, 5.74) is 3.45. The first-order valence-electron chi connectivity index (χ1n) is 11.2. The summed E-state index contributed by atoms with van der Waals surface area (Å²) in [6.07, 6.45) is 4.61. The maximum absolute atomic E-state index is 13.7. The average Bonchev–Trinajstić information content (AvgIpc) is 3.04. The molecule has 1 aliphatic heterocycles. The highest BCUT2D eigenvalue weighted by atomic mass is 16.5. The first-order chi connectivity index (χ1) is 15.5. The molecular formula is C27H29NO4. The maximum Gasteiger partial charge on any atom is 0.290 e. The summed E-state index contributed by atoms with van der Waals surface area (Å²) >= 11 is 0. The summed E-state index contributed by atoms with van der Waals surface area (Å²) in [5.74, 6) is 0.608. The Kier molecular flexibility index (Phi) is 6.17. The second-order valence-electron chi connectivity index (χ2n) is 8.41. The van der Waals surface area contributed by atoms with Crippen LogP contribution in [0.15, 0.2) is 58.3 Å². The Morgan fingerprint density at radius 1 is 1.16 bits per heavy atom. The molecule has 0 saturated carbocycles. The normalized spacial score (nSPS) is 15.3. The molecule has 166 valence electrons. The number of carbonyl (C=O) groups excluding carboxylic acids is 1. The number of benzene rings is 2. The highest BCUT2D eigenvalue weighted by molar-refractivity contribution is 5.99. The van der Waals surface area contributed by atoms with Gasteiger partial charge in [-0.05, 0) is 55.2 Å². The summed E-state index contributed by atoms with van der Waals surface area (Å²) in [6.45, 7) is 10.6. The van der Waals surface area contributed by atoms with Crippen molar-refractivity contribution < 1.29 is 13.9 Å². The number of nitrogens with zero attached hydrogens (tertiary/aromatic N) is 1. The smallest absolute Gasteiger partial charge is 0.290 e. The predicted octanol–water partition coefficient (Wildman–Crippen LogP) is 5.71. The number of fused-ring (bicyclic) bond motifs is 2. The number of carbonyl (C=O) groups is 1. The molecule has 5 heteroatoms. The fourth-order valence-electron chi connectivity index (χ4n) is 4.55. The lowest BCUT2D eigenvalue weighted by atomic mass is 9.96. The molecule has 0 aliphatic carbocycles. The largest absolute Gasteiger partial charge is 0.490 e. The molecule has 1 atom stereocenters. The van der Waals surface area contributed by atoms with E-state index in [0.29, 0.717) is 35.4 Å². The molecule has 2 heterocycles. The molecule has 0 saturated heterocycles. The molecule has 0 fully saturated rings. The summed E-state index contributed by atoms with van der Waals surface area (Å²) in [6, 6.07) is 10.9. The standard InChI is InChI=1S/C27H29NO4/c1-5-7-8-12-28-24(19-10-9-11-20(16-19)31-13-6-2)23-25(29)22-18(4)14-17(3)15-21(22)32-26(23)27(28)30/h6,9-11,14-16,24H,2,5,7-8,12-13H2,1,3-4H3. The topological polar surface area (TPSA) is 59.8 Å². The van der Waals surface area contributed by atoms with Gasteiger partial charge in [0.25, 0.3) is 5.91 Å². The minimum atomic E-state index is -0.497. The van der Waals surface area contributed by atoms with Crippen LogP contribution in [0.1, 0.15) is 65.0 Å². The van der Waals surface area contributed by atoms with Gasteiger partial charge < -0.3 is 14.1 Å². The van der Waals surface area contributed by atoms with Crippen LogP contribution in [0.3, 0.4) is 0 Å². The van der Waals surface area contributed by atoms with Crippen LogP contribution in [0.5, 0.6) is 5.75 Å². The van der Waals surface area contributed by atoms with Gasteiger partial charge in [-0.25, -0.2) is 0 Å². The van der Waals surface area contributed by atoms with Crippen LogP contribution in [-0.2, 0) is 0 Å². The molecule has 0 spiro atoms. The molecule has 32 heavy (non-hydrogen) atoms. The van der Waals surface area contributed by atoms with E-state index in [-0.39, 0.29) is 17.1 Å². The van der Waals surface area contributed by atoms with Crippen molar-refractivity contribution in [2.24, 2.45) is 0 Å². The predicted molar refractivity (Wildman–Crippen MR) is 126 cm³/mol. The first-order valence-corrected chi connectivity index (χ1v) is 11.2. The third-order valence-corrected chi connectivity index (χ3v) is 5.96. The average molecular weight is 432 g/mol. The highest BCUT2D eigenvalue weighted by Gasteiger charge is 2.42. The molecule has 4 rings (SSSR count). The van der Waals surface area contributed by atoms with Crippen molar-refractivity contribution in [2.45, 2.75) is 46.1 Å². The molecule has 1 aliphatic rings. The number of amides is 1. The molecule has 0 bridgehead atoms. The van der Waals surface area contributed by atoms with Gasteiger partial charge >= 0.3 is 0 Å². The number of unbranched alkanes of at least 4 members (excludes halogenated alkanes) is 2. The fourth-order valence-corrected chi connectivity index (χ4v) is 4.55. The van der Waals surface area contributed by atoms with Gasteiger partial charge in [0.2, 0.25) is 5.76 Å². The lowest BCUT2D eigenvalue weighted by Crippen LogP contribution is -2.30. The molecule has 3 aromatic rings. The zero-order valence-electron chi connectivity index (χ0n) is 18.9. The summed E-state index contributed by atoms with van der Waals surface area (Å²) < 4.78 is 11.8. The third-order valence-electron chi connectivity index (χ3n) is 5.96. The monoisotopic (exact) mass is 431 g/mol. The number of hydrogen-bond donors (Lipinski definition) is 0. The second kappa shape index (κ2) is 9.03. The summed E-state index contributed by atoms with van der Waals surface area (Å²) in [4.78, 5) is 29.0. The van der Waals surface area contributed by atoms with Crippen LogP contribution >= 0.6 is 0 Å². The number of rotatable bonds is 8. The lowest BCUT2D eigenvalue weighted by Gasteiger charge is -2.25. The number of hydrogen-bond acceptors (Lipinski definition) is 4. The van der Waals surface area contributed by atoms with E-state index in [9.17, 15) is 9.59 Å². The molecule has 1 unspecified atom stereocenters. The van der Waals surface area contributed by atoms with Gasteiger partial charge in [0.05, 0.1) is 17.0 Å². The van der Waals surface area contributed by atoms with Crippen molar-refractivity contribution >= 4 is 16.9 Å². The van der Waals surface area contributed by atoms with Crippen LogP contribution in [0.2, 0.25) is 0 Å². The van der Waals surface area contributed by atoms with Gasteiger partial charge in [0.1, 0.15) is 17.9 Å². The van der Waals surface area contributed by atoms with E-state index in [1.807, 2.05) is 50.2 Å². The molecule has 0 radical (unpaired) electrons. The van der Waals surface area contributed by atoms with E-state index in [2.05, 4.69) is 13.5 Å². The van der Waals surface area contributed by atoms with Crippen LogP contribution in [0, 0.1) is 13.8 Å². The molecule has 5 nitrogen and oxygen atoms in total. The fraction of sp³-hybridized carbons (Fsp3) is 0.333. The van der Waals surface area contributed by atoms with Crippen LogP contribution < -0.4 is 10.2 Å². The maximum atomic E-state index is 13.7. The van der Waals surface area contributed by atoms with Gasteiger partial charge in [-0.15, -0.1) is 0 Å². The second-order valence-corrected chi connectivity index (χ2v) is 8.41. The Morgan fingerprint density at radius 2 is 1.97 bits per heavy atom. The van der Waals surface area contributed by atoms with Crippen molar-refractivity contribution in [3.63, 3.8) is 0 Å². The number of ether oxygens (including phenoxy) is 1. The quantitative estimate of drug-likeness (QED) is 0.339. The van der Waals surface area contributed by atoms with E-state index >= 15 is 0 Å². The van der Waals surface area contributed by atoms with E-state index in [0.717, 1.165) is 36.0 Å². The third kappa shape index (κ3) is 3.83. The minimum absolute atomic E-state index is 0.132. The molecular weight excluding hydrogens is 402 g/mol. The molecule has 1 aromatic heterocycles. The van der Waals surface area contributed by atoms with Crippen LogP contribution in [0.25, 0.3) is 11.0 Å². The highest BCUT2D eigenvalue weighted by Crippen LogP contribution is 2.39. The van der Waals surface area contributed by atoms with Gasteiger partial charge in [0.15, 0.2) is 5.43 Å². The Hall–Kier alpha value is -3.34. The molecule has 2 aromatic carbocycles. The Labute approximate surface area is 188 Å². The van der Waals surface area contributed by atoms with Crippen LogP contribution in [0.4, 0.5) is 0 Å². The van der Waals surface area contributed by atoms with E-state index in [4.69, 9.17) is 9.15 Å². The van der Waals surface area contributed by atoms with E-state index < -0.39 is 6.04 Å². The van der Waals surface area contributed by atoms with Crippen molar-refractivity contribution in [3.8, 4) is 5.75 Å². The zero-order valence-corrected chi connectivity index (χ0v) is 18.9. The zero-order chi connectivity index (χ0) is 22.8. The Morgan fingerprint density at radius 3 is 2.72 bits per heavy atom. The van der Waals surface area contributed by atoms with Crippen molar-refractivity contribution in [2.75, 3.05) is 13.2 Å². The van der Waals surface area contributed by atoms with Gasteiger partial charge in [-0.1, -0.05) is 50.6 Å². The summed E-state index contributed by atoms with van der Waals surface area (Å²) in [5, 5.41) is 0.543. The number of aryl methyl sites for hydroxylation is 2. The van der Waals surface area contributed by atoms with Gasteiger partial charge in [0, 0.05) is 6.54 Å². The molecule has 1 amide bonds. The van der Waals surface area contributed by atoms with Crippen molar-refractivity contribution in [3.05, 3.63) is 87.3 Å². The van der Waals surface area contributed by atoms with E-state index in [1.54, 1.807) is 11.0 Å². The van der Waals surface area contributed by atoms with Crippen molar-refractivity contribution in [1.29, 1.82) is 0 Å². The minimum Gasteiger partial charge on any atom is -0.490 e. The van der Waals surface area contributed by atoms with Crippen molar-refractivity contribution in [1.82, 2.24) is 4.90 Å². The first kappa shape index (κ1) is 21.9. The lowest BCUT2D eigenvalue weighted by molar-refractivity contribution is 0.0724. The molecule has 0 N–H and O–H groups in total. The van der Waals surface area contributed by atoms with E-state index in [1.165, 1.54) is 0 Å². The summed E-state index contributed by atoms with van der Waals surface area (Å²) in [7, 11) is 0.